The Balaban J connectivity index is 2.26. The zero-order valence-electron chi connectivity index (χ0n) is 11.0. The zero-order chi connectivity index (χ0) is 14.7. The molecule has 2 atom stereocenters. The van der Waals surface area contributed by atoms with Crippen LogP contribution in [0.15, 0.2) is 24.3 Å². The number of hydrogen-bond donors (Lipinski definition) is 2. The molecule has 1 heterocycles. The molecule has 108 valence electrons. The molecule has 2 rings (SSSR count). The van der Waals surface area contributed by atoms with Gasteiger partial charge in [-0.2, -0.15) is 0 Å². The average Bonchev–Trinajstić information content (AvgIpc) is 2.78. The first-order chi connectivity index (χ1) is 9.51. The first kappa shape index (κ1) is 14.5. The van der Waals surface area contributed by atoms with Gasteiger partial charge in [0, 0.05) is 13.0 Å². The third-order valence-corrected chi connectivity index (χ3v) is 3.57. The highest BCUT2D eigenvalue weighted by Crippen LogP contribution is 2.31. The second-order valence-electron chi connectivity index (χ2n) is 5.02. The number of amides is 1. The summed E-state index contributed by atoms with van der Waals surface area (Å²) < 4.78 is 13.0. The van der Waals surface area contributed by atoms with Crippen molar-refractivity contribution >= 4 is 11.9 Å². The van der Waals surface area contributed by atoms with Crippen molar-refractivity contribution in [3.05, 3.63) is 35.6 Å². The van der Waals surface area contributed by atoms with Crippen molar-refractivity contribution in [2.75, 3.05) is 13.1 Å². The minimum Gasteiger partial charge on any atom is -0.481 e. The molecule has 1 aromatic carbocycles. The van der Waals surface area contributed by atoms with Crippen LogP contribution in [0.5, 0.6) is 0 Å². The van der Waals surface area contributed by atoms with Crippen LogP contribution in [-0.4, -0.2) is 35.0 Å². The molecular formula is C14H17FN2O3. The predicted molar refractivity (Wildman–Crippen MR) is 70.3 cm³/mol. The lowest BCUT2D eigenvalue weighted by Crippen LogP contribution is -2.32. The van der Waals surface area contributed by atoms with E-state index in [-0.39, 0.29) is 18.2 Å². The molecule has 2 unspecified atom stereocenters. The quantitative estimate of drug-likeness (QED) is 0.847. The number of carbonyl (C=O) groups excluding carboxylic acids is 1. The largest absolute Gasteiger partial charge is 0.481 e. The first-order valence-electron chi connectivity index (χ1n) is 6.48. The van der Waals surface area contributed by atoms with E-state index >= 15 is 0 Å². The summed E-state index contributed by atoms with van der Waals surface area (Å²) in [5.74, 6) is -1.44. The molecule has 0 saturated carbocycles. The topological polar surface area (TPSA) is 83.6 Å². The van der Waals surface area contributed by atoms with Crippen LogP contribution >= 0.6 is 0 Å². The number of halogens is 1. The Bertz CT molecular complexity index is 504. The predicted octanol–water partition coefficient (Wildman–Crippen LogP) is 1.15. The van der Waals surface area contributed by atoms with Gasteiger partial charge in [-0.25, -0.2) is 4.39 Å². The molecule has 0 aliphatic carbocycles. The number of carboxylic acids is 1. The highest BCUT2D eigenvalue weighted by Gasteiger charge is 2.35. The van der Waals surface area contributed by atoms with E-state index in [4.69, 9.17) is 10.8 Å². The van der Waals surface area contributed by atoms with E-state index in [0.717, 1.165) is 0 Å². The van der Waals surface area contributed by atoms with Crippen LogP contribution in [0.4, 0.5) is 4.39 Å². The fourth-order valence-corrected chi connectivity index (χ4v) is 2.53. The Hall–Kier alpha value is -1.95. The highest BCUT2D eigenvalue weighted by atomic mass is 19.1. The van der Waals surface area contributed by atoms with Gasteiger partial charge in [0.25, 0.3) is 0 Å². The van der Waals surface area contributed by atoms with Gasteiger partial charge in [0.1, 0.15) is 5.82 Å². The van der Waals surface area contributed by atoms with Crippen molar-refractivity contribution in [1.82, 2.24) is 4.90 Å². The lowest BCUT2D eigenvalue weighted by molar-refractivity contribution is -0.139. The number of rotatable bonds is 5. The number of nitrogens with zero attached hydrogens (tertiary/aromatic N) is 1. The van der Waals surface area contributed by atoms with E-state index in [2.05, 4.69) is 0 Å². The van der Waals surface area contributed by atoms with Crippen molar-refractivity contribution < 1.29 is 19.1 Å². The summed E-state index contributed by atoms with van der Waals surface area (Å²) in [7, 11) is 0. The molecule has 1 saturated heterocycles. The monoisotopic (exact) mass is 280 g/mol. The van der Waals surface area contributed by atoms with Gasteiger partial charge in [0.15, 0.2) is 0 Å². The number of likely N-dealkylation sites (tertiary alicyclic amines) is 1. The van der Waals surface area contributed by atoms with Crippen LogP contribution in [0, 0.1) is 11.7 Å². The maximum atomic E-state index is 13.0. The summed E-state index contributed by atoms with van der Waals surface area (Å²) in [5, 5.41) is 9.03. The lowest BCUT2D eigenvalue weighted by atomic mass is 10.0. The Morgan fingerprint density at radius 2 is 2.10 bits per heavy atom. The Labute approximate surface area is 116 Å². The Morgan fingerprint density at radius 3 is 2.60 bits per heavy atom. The van der Waals surface area contributed by atoms with Gasteiger partial charge in [0.2, 0.25) is 5.91 Å². The van der Waals surface area contributed by atoms with Gasteiger partial charge in [-0.05, 0) is 30.2 Å². The maximum Gasteiger partial charge on any atom is 0.305 e. The molecule has 1 fully saturated rings. The summed E-state index contributed by atoms with van der Waals surface area (Å²) in [4.78, 5) is 24.6. The molecule has 1 aromatic rings. The number of carbonyl (C=O) groups is 2. The fraction of sp³-hybridized carbons (Fsp3) is 0.429. The van der Waals surface area contributed by atoms with Crippen LogP contribution in [0.3, 0.4) is 0 Å². The van der Waals surface area contributed by atoms with E-state index in [1.165, 1.54) is 24.3 Å². The highest BCUT2D eigenvalue weighted by molar-refractivity contribution is 5.80. The standard InChI is InChI=1S/C14H17FN2O3/c15-11-3-1-10(2-4-11)12(6-14(19)20)17-8-9(7-16)5-13(17)18/h1-4,9,12H,5-8,16H2,(H,19,20). The molecule has 3 N–H and O–H groups in total. The van der Waals surface area contributed by atoms with Crippen molar-refractivity contribution in [3.8, 4) is 0 Å². The number of hydrogen-bond acceptors (Lipinski definition) is 3. The summed E-state index contributed by atoms with van der Waals surface area (Å²) in [5.41, 5.74) is 6.20. The molecule has 0 radical (unpaired) electrons. The summed E-state index contributed by atoms with van der Waals surface area (Å²) in [6, 6.07) is 5.01. The second kappa shape index (κ2) is 6.00. The lowest BCUT2D eigenvalue weighted by Gasteiger charge is -2.27. The Morgan fingerprint density at radius 1 is 1.45 bits per heavy atom. The Kier molecular flexibility index (Phi) is 4.34. The van der Waals surface area contributed by atoms with Crippen molar-refractivity contribution in [1.29, 1.82) is 0 Å². The normalized spacial score (nSPS) is 20.2. The molecule has 1 amide bonds. The van der Waals surface area contributed by atoms with Gasteiger partial charge in [0.05, 0.1) is 12.5 Å². The number of benzene rings is 1. The van der Waals surface area contributed by atoms with Crippen LogP contribution < -0.4 is 5.73 Å². The zero-order valence-corrected chi connectivity index (χ0v) is 11.0. The number of carboxylic acid groups (broad SMARTS) is 1. The van der Waals surface area contributed by atoms with Gasteiger partial charge in [-0.15, -0.1) is 0 Å². The minimum absolute atomic E-state index is 0.0549. The van der Waals surface area contributed by atoms with E-state index in [1.807, 2.05) is 0 Å². The smallest absolute Gasteiger partial charge is 0.305 e. The third-order valence-electron chi connectivity index (χ3n) is 3.57. The van der Waals surface area contributed by atoms with Gasteiger partial charge >= 0.3 is 5.97 Å². The maximum absolute atomic E-state index is 13.0. The number of aliphatic carboxylic acids is 1. The average molecular weight is 280 g/mol. The summed E-state index contributed by atoms with van der Waals surface area (Å²) in [6.07, 6.45) is 0.141. The first-order valence-corrected chi connectivity index (χ1v) is 6.48. The van der Waals surface area contributed by atoms with Crippen LogP contribution in [-0.2, 0) is 9.59 Å². The summed E-state index contributed by atoms with van der Waals surface area (Å²) in [6.45, 7) is 0.843. The van der Waals surface area contributed by atoms with E-state index < -0.39 is 17.8 Å². The van der Waals surface area contributed by atoms with E-state index in [9.17, 15) is 14.0 Å². The molecule has 20 heavy (non-hydrogen) atoms. The van der Waals surface area contributed by atoms with Crippen LogP contribution in [0.2, 0.25) is 0 Å². The molecule has 1 aliphatic heterocycles. The van der Waals surface area contributed by atoms with Crippen molar-refractivity contribution in [2.24, 2.45) is 11.7 Å². The molecule has 6 heteroatoms. The minimum atomic E-state index is -0.997. The van der Waals surface area contributed by atoms with E-state index in [0.29, 0.717) is 25.1 Å². The molecule has 0 bridgehead atoms. The van der Waals surface area contributed by atoms with Crippen LogP contribution in [0.25, 0.3) is 0 Å². The van der Waals surface area contributed by atoms with Gasteiger partial charge in [-0.3, -0.25) is 9.59 Å². The second-order valence-corrected chi connectivity index (χ2v) is 5.02. The summed E-state index contributed by atoms with van der Waals surface area (Å²) >= 11 is 0. The van der Waals surface area contributed by atoms with E-state index in [1.54, 1.807) is 4.90 Å². The van der Waals surface area contributed by atoms with Crippen LogP contribution in [0.1, 0.15) is 24.4 Å². The molecule has 5 nitrogen and oxygen atoms in total. The van der Waals surface area contributed by atoms with Crippen molar-refractivity contribution in [2.45, 2.75) is 18.9 Å². The van der Waals surface area contributed by atoms with Crippen molar-refractivity contribution in [3.63, 3.8) is 0 Å². The SMILES string of the molecule is NCC1CC(=O)N(C(CC(=O)O)c2ccc(F)cc2)C1. The third kappa shape index (κ3) is 3.14. The molecule has 1 aliphatic rings. The van der Waals surface area contributed by atoms with Gasteiger partial charge < -0.3 is 15.7 Å². The number of nitrogens with two attached hydrogens (primary N) is 1. The molecular weight excluding hydrogens is 263 g/mol. The molecule has 0 spiro atoms. The molecule has 0 aromatic heterocycles. The van der Waals surface area contributed by atoms with Gasteiger partial charge in [-0.1, -0.05) is 12.1 Å². The fourth-order valence-electron chi connectivity index (χ4n) is 2.53.